The van der Waals surface area contributed by atoms with Gasteiger partial charge in [0, 0.05) is 26.0 Å². The zero-order valence-electron chi connectivity index (χ0n) is 14.3. The third-order valence-electron chi connectivity index (χ3n) is 4.29. The Bertz CT molecular complexity index is 1030. The van der Waals surface area contributed by atoms with Crippen LogP contribution in [-0.2, 0) is 20.5 Å². The summed E-state index contributed by atoms with van der Waals surface area (Å²) >= 11 is 0. The third kappa shape index (κ3) is 2.50. The molecule has 0 atom stereocenters. The number of nitrogens with one attached hydrogen (secondary N) is 1. The van der Waals surface area contributed by atoms with Crippen molar-refractivity contribution in [3.8, 4) is 0 Å². The first-order chi connectivity index (χ1) is 11.4. The molecule has 3 rings (SSSR count). The molecule has 0 unspecified atom stereocenters. The van der Waals surface area contributed by atoms with Crippen molar-refractivity contribution in [1.29, 1.82) is 0 Å². The highest BCUT2D eigenvalue weighted by atomic mass is 16.2. The molecule has 1 aromatic carbocycles. The molecule has 0 amide bonds. The van der Waals surface area contributed by atoms with Crippen molar-refractivity contribution in [2.24, 2.45) is 14.1 Å². The Balaban J connectivity index is 2.25. The van der Waals surface area contributed by atoms with Gasteiger partial charge in [0.1, 0.15) is 5.39 Å². The predicted octanol–water partition coefficient (Wildman–Crippen LogP) is 2.25. The standard InChI is InChI=1S/C18H20N4O2/c1-5-12-6-8-13(9-7-12)20-15-11(2)10-19-16-14(15)17(23)22(4)18(24)21(16)3/h6-10H,5H2,1-4H3,(H,19,20). The van der Waals surface area contributed by atoms with Crippen LogP contribution in [0.4, 0.5) is 11.4 Å². The molecule has 0 fully saturated rings. The van der Waals surface area contributed by atoms with Gasteiger partial charge in [0.25, 0.3) is 5.56 Å². The Labute approximate surface area is 139 Å². The Kier molecular flexibility index (Phi) is 3.97. The van der Waals surface area contributed by atoms with Crippen molar-refractivity contribution in [1.82, 2.24) is 14.1 Å². The lowest BCUT2D eigenvalue weighted by Crippen LogP contribution is -2.37. The highest BCUT2D eigenvalue weighted by molar-refractivity contribution is 5.92. The highest BCUT2D eigenvalue weighted by Gasteiger charge is 2.15. The Hall–Kier alpha value is -2.89. The first kappa shape index (κ1) is 16.0. The lowest BCUT2D eigenvalue weighted by atomic mass is 10.1. The molecule has 6 nitrogen and oxygen atoms in total. The molecule has 2 heterocycles. The van der Waals surface area contributed by atoms with E-state index in [2.05, 4.69) is 29.4 Å². The van der Waals surface area contributed by atoms with Crippen LogP contribution >= 0.6 is 0 Å². The zero-order chi connectivity index (χ0) is 17.4. The number of aromatic nitrogens is 3. The van der Waals surface area contributed by atoms with E-state index in [9.17, 15) is 9.59 Å². The molecule has 0 saturated carbocycles. The summed E-state index contributed by atoms with van der Waals surface area (Å²) in [5.41, 5.74) is 3.30. The third-order valence-corrected chi connectivity index (χ3v) is 4.29. The second kappa shape index (κ2) is 5.96. The van der Waals surface area contributed by atoms with Crippen molar-refractivity contribution in [3.05, 3.63) is 62.4 Å². The van der Waals surface area contributed by atoms with Crippen molar-refractivity contribution < 1.29 is 0 Å². The van der Waals surface area contributed by atoms with Crippen LogP contribution in [0, 0.1) is 6.92 Å². The van der Waals surface area contributed by atoms with E-state index in [1.807, 2.05) is 19.1 Å². The van der Waals surface area contributed by atoms with Crippen molar-refractivity contribution in [2.45, 2.75) is 20.3 Å². The molecule has 0 radical (unpaired) electrons. The molecule has 1 N–H and O–H groups in total. The summed E-state index contributed by atoms with van der Waals surface area (Å²) in [7, 11) is 3.10. The number of nitrogens with zero attached hydrogens (tertiary/aromatic N) is 3. The molecule has 0 spiro atoms. The molecule has 0 bridgehead atoms. The fourth-order valence-electron chi connectivity index (χ4n) is 2.75. The van der Waals surface area contributed by atoms with Crippen molar-refractivity contribution in [2.75, 3.05) is 5.32 Å². The van der Waals surface area contributed by atoms with Crippen molar-refractivity contribution >= 4 is 22.4 Å². The zero-order valence-corrected chi connectivity index (χ0v) is 14.3. The lowest BCUT2D eigenvalue weighted by molar-refractivity contribution is 0.707. The first-order valence-electron chi connectivity index (χ1n) is 7.85. The molecule has 0 aliphatic rings. The number of fused-ring (bicyclic) bond motifs is 1. The molecule has 0 aliphatic carbocycles. The number of aryl methyl sites for hydroxylation is 3. The SMILES string of the molecule is CCc1ccc(Nc2c(C)cnc3c2c(=O)n(C)c(=O)n3C)cc1. The van der Waals surface area contributed by atoms with Gasteiger partial charge in [0.2, 0.25) is 0 Å². The molecule has 2 aromatic heterocycles. The summed E-state index contributed by atoms with van der Waals surface area (Å²) in [5.74, 6) is 0. The number of pyridine rings is 1. The summed E-state index contributed by atoms with van der Waals surface area (Å²) in [6, 6.07) is 8.07. The average Bonchev–Trinajstić information content (AvgIpc) is 2.60. The predicted molar refractivity (Wildman–Crippen MR) is 96.1 cm³/mol. The second-order valence-corrected chi connectivity index (χ2v) is 5.90. The number of rotatable bonds is 3. The lowest BCUT2D eigenvalue weighted by Gasteiger charge is -2.14. The maximum Gasteiger partial charge on any atom is 0.332 e. The van der Waals surface area contributed by atoms with Gasteiger partial charge in [-0.2, -0.15) is 0 Å². The van der Waals surface area contributed by atoms with Gasteiger partial charge >= 0.3 is 5.69 Å². The van der Waals surface area contributed by atoms with Gasteiger partial charge in [-0.25, -0.2) is 9.78 Å². The summed E-state index contributed by atoms with van der Waals surface area (Å²) in [6.45, 7) is 3.99. The van der Waals surface area contributed by atoms with Gasteiger partial charge < -0.3 is 5.32 Å². The van der Waals surface area contributed by atoms with Crippen molar-refractivity contribution in [3.63, 3.8) is 0 Å². The summed E-state index contributed by atoms with van der Waals surface area (Å²) < 4.78 is 2.50. The average molecular weight is 324 g/mol. The Morgan fingerprint density at radius 1 is 1.08 bits per heavy atom. The van der Waals surface area contributed by atoms with E-state index in [-0.39, 0.29) is 11.2 Å². The van der Waals surface area contributed by atoms with E-state index in [1.165, 1.54) is 17.2 Å². The molecule has 0 saturated heterocycles. The quantitative estimate of drug-likeness (QED) is 0.802. The van der Waals surface area contributed by atoms with Crippen LogP contribution in [0.2, 0.25) is 0 Å². The van der Waals surface area contributed by atoms with Crippen LogP contribution < -0.4 is 16.6 Å². The fourth-order valence-corrected chi connectivity index (χ4v) is 2.75. The molecule has 3 aromatic rings. The van der Waals surface area contributed by atoms with Gasteiger partial charge in [-0.3, -0.25) is 13.9 Å². The highest BCUT2D eigenvalue weighted by Crippen LogP contribution is 2.25. The van der Waals surface area contributed by atoms with E-state index < -0.39 is 0 Å². The molecule has 124 valence electrons. The fraction of sp³-hybridized carbons (Fsp3) is 0.278. The van der Waals surface area contributed by atoms with Crippen LogP contribution in [0.1, 0.15) is 18.1 Å². The number of benzene rings is 1. The molecular weight excluding hydrogens is 304 g/mol. The van der Waals surface area contributed by atoms with Crippen LogP contribution in [0.25, 0.3) is 11.0 Å². The molecule has 0 aliphatic heterocycles. The summed E-state index contributed by atoms with van der Waals surface area (Å²) in [6.07, 6.45) is 2.64. The van der Waals surface area contributed by atoms with E-state index in [1.54, 1.807) is 13.2 Å². The normalized spacial score (nSPS) is 11.0. The Morgan fingerprint density at radius 3 is 2.38 bits per heavy atom. The maximum atomic E-state index is 12.6. The monoisotopic (exact) mass is 324 g/mol. The van der Waals surface area contributed by atoms with E-state index >= 15 is 0 Å². The Morgan fingerprint density at radius 2 is 1.75 bits per heavy atom. The minimum absolute atomic E-state index is 0.350. The van der Waals surface area contributed by atoms with Gasteiger partial charge in [0.15, 0.2) is 5.65 Å². The minimum Gasteiger partial charge on any atom is -0.354 e. The number of hydrogen-bond acceptors (Lipinski definition) is 4. The number of hydrogen-bond donors (Lipinski definition) is 1. The maximum absolute atomic E-state index is 12.6. The molecule has 6 heteroatoms. The van der Waals surface area contributed by atoms with E-state index in [0.29, 0.717) is 16.7 Å². The largest absolute Gasteiger partial charge is 0.354 e. The van der Waals surface area contributed by atoms with E-state index in [4.69, 9.17) is 0 Å². The summed E-state index contributed by atoms with van der Waals surface area (Å²) in [4.78, 5) is 29.0. The van der Waals surface area contributed by atoms with Gasteiger partial charge in [0.05, 0.1) is 5.69 Å². The molecular formula is C18H20N4O2. The van der Waals surface area contributed by atoms with Crippen LogP contribution in [0.15, 0.2) is 40.1 Å². The van der Waals surface area contributed by atoms with Crippen LogP contribution in [-0.4, -0.2) is 14.1 Å². The molecule has 24 heavy (non-hydrogen) atoms. The van der Waals surface area contributed by atoms with Crippen LogP contribution in [0.5, 0.6) is 0 Å². The summed E-state index contributed by atoms with van der Waals surface area (Å²) in [5, 5.41) is 3.73. The van der Waals surface area contributed by atoms with Gasteiger partial charge in [-0.15, -0.1) is 0 Å². The minimum atomic E-state index is -0.387. The topological polar surface area (TPSA) is 68.9 Å². The smallest absolute Gasteiger partial charge is 0.332 e. The van der Waals surface area contributed by atoms with E-state index in [0.717, 1.165) is 22.2 Å². The number of anilines is 2. The van der Waals surface area contributed by atoms with Gasteiger partial charge in [-0.05, 0) is 36.6 Å². The second-order valence-electron chi connectivity index (χ2n) is 5.90. The first-order valence-corrected chi connectivity index (χ1v) is 7.85. The van der Waals surface area contributed by atoms with Gasteiger partial charge in [-0.1, -0.05) is 19.1 Å². The van der Waals surface area contributed by atoms with Crippen LogP contribution in [0.3, 0.4) is 0 Å².